The summed E-state index contributed by atoms with van der Waals surface area (Å²) in [5.74, 6) is 0.558. The minimum absolute atomic E-state index is 0.110. The Kier molecular flexibility index (Phi) is 5.53. The average Bonchev–Trinajstić information content (AvgIpc) is 2.68. The first-order valence-corrected chi connectivity index (χ1v) is 10.3. The molecule has 1 heterocycles. The molecule has 3 rings (SSSR count). The van der Waals surface area contributed by atoms with Crippen molar-refractivity contribution in [3.63, 3.8) is 0 Å². The lowest BCUT2D eigenvalue weighted by molar-refractivity contribution is 0.0697. The van der Waals surface area contributed by atoms with Crippen molar-refractivity contribution in [2.45, 2.75) is 18.7 Å². The first-order chi connectivity index (χ1) is 12.8. The average molecular weight is 388 g/mol. The Morgan fingerprint density at radius 1 is 0.963 bits per heavy atom. The largest absolute Gasteiger partial charge is 0.496 e. The van der Waals surface area contributed by atoms with Gasteiger partial charge in [0.05, 0.1) is 12.0 Å². The van der Waals surface area contributed by atoms with E-state index >= 15 is 0 Å². The number of piperazine rings is 1. The normalized spacial score (nSPS) is 15.6. The van der Waals surface area contributed by atoms with E-state index in [1.54, 1.807) is 48.4 Å². The Morgan fingerprint density at radius 3 is 2.19 bits per heavy atom. The second kappa shape index (κ2) is 7.70. The summed E-state index contributed by atoms with van der Waals surface area (Å²) in [6.07, 6.45) is 0. The van der Waals surface area contributed by atoms with E-state index in [4.69, 9.17) is 4.74 Å². The lowest BCUT2D eigenvalue weighted by Crippen LogP contribution is -2.50. The van der Waals surface area contributed by atoms with Gasteiger partial charge in [0.15, 0.2) is 0 Å². The molecule has 0 unspecified atom stereocenters. The van der Waals surface area contributed by atoms with Crippen LogP contribution in [0.25, 0.3) is 0 Å². The SMILES string of the molecule is COc1cc(C(=O)N2CCN(S(=O)(=O)c3ccc(C)cc3)CC2)ccc1C. The molecule has 0 N–H and O–H groups in total. The van der Waals surface area contributed by atoms with Crippen LogP contribution in [0.1, 0.15) is 21.5 Å². The van der Waals surface area contributed by atoms with Crippen LogP contribution in [0.2, 0.25) is 0 Å². The molecule has 144 valence electrons. The lowest BCUT2D eigenvalue weighted by atomic mass is 10.1. The maximum Gasteiger partial charge on any atom is 0.254 e. The first-order valence-electron chi connectivity index (χ1n) is 8.83. The fourth-order valence-corrected chi connectivity index (χ4v) is 4.55. The van der Waals surface area contributed by atoms with Crippen molar-refractivity contribution in [2.75, 3.05) is 33.3 Å². The van der Waals surface area contributed by atoms with Gasteiger partial charge in [-0.25, -0.2) is 8.42 Å². The summed E-state index contributed by atoms with van der Waals surface area (Å²) in [5.41, 5.74) is 2.52. The van der Waals surface area contributed by atoms with Crippen LogP contribution in [-0.4, -0.2) is 56.8 Å². The summed E-state index contributed by atoms with van der Waals surface area (Å²) in [4.78, 5) is 14.7. The van der Waals surface area contributed by atoms with Crippen LogP contribution in [-0.2, 0) is 10.0 Å². The first kappa shape index (κ1) is 19.4. The van der Waals surface area contributed by atoms with E-state index in [1.807, 2.05) is 19.9 Å². The Hall–Kier alpha value is -2.38. The number of methoxy groups -OCH3 is 1. The molecule has 0 atom stereocenters. The Bertz CT molecular complexity index is 931. The highest BCUT2D eigenvalue weighted by Gasteiger charge is 2.30. The summed E-state index contributed by atoms with van der Waals surface area (Å²) in [7, 11) is -1.96. The Morgan fingerprint density at radius 2 is 1.59 bits per heavy atom. The van der Waals surface area contributed by atoms with Crippen LogP contribution >= 0.6 is 0 Å². The molecule has 0 saturated carbocycles. The summed E-state index contributed by atoms with van der Waals surface area (Å²) < 4.78 is 32.3. The third-order valence-corrected chi connectivity index (χ3v) is 6.75. The van der Waals surface area contributed by atoms with Gasteiger partial charge in [0.2, 0.25) is 10.0 Å². The van der Waals surface area contributed by atoms with Gasteiger partial charge in [0, 0.05) is 31.7 Å². The van der Waals surface area contributed by atoms with Gasteiger partial charge in [-0.05, 0) is 43.7 Å². The second-order valence-corrected chi connectivity index (χ2v) is 8.63. The summed E-state index contributed by atoms with van der Waals surface area (Å²) in [6.45, 7) is 5.12. The van der Waals surface area contributed by atoms with Crippen molar-refractivity contribution in [3.8, 4) is 5.75 Å². The Balaban J connectivity index is 1.69. The van der Waals surface area contributed by atoms with E-state index in [1.165, 1.54) is 4.31 Å². The number of ether oxygens (including phenoxy) is 1. The summed E-state index contributed by atoms with van der Waals surface area (Å²) >= 11 is 0. The molecule has 1 amide bonds. The standard InChI is InChI=1S/C20H24N2O4S/c1-15-4-8-18(9-5-15)27(24,25)22-12-10-21(11-13-22)20(23)17-7-6-16(2)19(14-17)26-3/h4-9,14H,10-13H2,1-3H3. The number of hydrogen-bond acceptors (Lipinski definition) is 4. The van der Waals surface area contributed by atoms with Gasteiger partial charge in [0.25, 0.3) is 5.91 Å². The van der Waals surface area contributed by atoms with Crippen molar-refractivity contribution in [1.29, 1.82) is 0 Å². The highest BCUT2D eigenvalue weighted by molar-refractivity contribution is 7.89. The van der Waals surface area contributed by atoms with E-state index in [9.17, 15) is 13.2 Å². The number of hydrogen-bond donors (Lipinski definition) is 0. The minimum Gasteiger partial charge on any atom is -0.496 e. The van der Waals surface area contributed by atoms with Gasteiger partial charge in [-0.3, -0.25) is 4.79 Å². The highest BCUT2D eigenvalue weighted by Crippen LogP contribution is 2.22. The predicted molar refractivity (Wildman–Crippen MR) is 104 cm³/mol. The number of amides is 1. The van der Waals surface area contributed by atoms with E-state index in [0.717, 1.165) is 11.1 Å². The molecule has 6 nitrogen and oxygen atoms in total. The molecule has 27 heavy (non-hydrogen) atoms. The van der Waals surface area contributed by atoms with Crippen molar-refractivity contribution < 1.29 is 17.9 Å². The monoisotopic (exact) mass is 388 g/mol. The van der Waals surface area contributed by atoms with Gasteiger partial charge >= 0.3 is 0 Å². The van der Waals surface area contributed by atoms with Gasteiger partial charge in [-0.15, -0.1) is 0 Å². The van der Waals surface area contributed by atoms with Crippen molar-refractivity contribution in [1.82, 2.24) is 9.21 Å². The lowest BCUT2D eigenvalue weighted by Gasteiger charge is -2.34. The van der Waals surface area contributed by atoms with Crippen molar-refractivity contribution >= 4 is 15.9 Å². The molecular weight excluding hydrogens is 364 g/mol. The van der Waals surface area contributed by atoms with Gasteiger partial charge in [-0.1, -0.05) is 23.8 Å². The van der Waals surface area contributed by atoms with Crippen LogP contribution in [0.4, 0.5) is 0 Å². The van der Waals surface area contributed by atoms with Gasteiger partial charge < -0.3 is 9.64 Å². The number of carbonyl (C=O) groups excluding carboxylic acids is 1. The molecule has 0 aromatic heterocycles. The number of rotatable bonds is 4. The molecular formula is C20H24N2O4S. The second-order valence-electron chi connectivity index (χ2n) is 6.69. The highest BCUT2D eigenvalue weighted by atomic mass is 32.2. The van der Waals surface area contributed by atoms with Gasteiger partial charge in [-0.2, -0.15) is 4.31 Å². The van der Waals surface area contributed by atoms with E-state index in [2.05, 4.69) is 0 Å². The zero-order valence-electron chi connectivity index (χ0n) is 15.8. The third kappa shape index (κ3) is 3.99. The van der Waals surface area contributed by atoms with Crippen molar-refractivity contribution in [2.24, 2.45) is 0 Å². The molecule has 0 aliphatic carbocycles. The van der Waals surface area contributed by atoms with Gasteiger partial charge in [0.1, 0.15) is 5.75 Å². The molecule has 1 aliphatic heterocycles. The fourth-order valence-electron chi connectivity index (χ4n) is 3.13. The van der Waals surface area contributed by atoms with Crippen molar-refractivity contribution in [3.05, 3.63) is 59.2 Å². The van der Waals surface area contributed by atoms with E-state index in [0.29, 0.717) is 24.4 Å². The van der Waals surface area contributed by atoms with Crippen LogP contribution in [0.3, 0.4) is 0 Å². The molecule has 0 bridgehead atoms. The molecule has 0 spiro atoms. The third-order valence-electron chi connectivity index (χ3n) is 4.84. The number of aryl methyl sites for hydroxylation is 2. The minimum atomic E-state index is -3.53. The smallest absolute Gasteiger partial charge is 0.254 e. The van der Waals surface area contributed by atoms with E-state index < -0.39 is 10.0 Å². The number of carbonyl (C=O) groups is 1. The summed E-state index contributed by atoms with van der Waals surface area (Å²) in [6, 6.07) is 12.2. The zero-order valence-corrected chi connectivity index (χ0v) is 16.6. The van der Waals surface area contributed by atoms with Crippen LogP contribution < -0.4 is 4.74 Å². The predicted octanol–water partition coefficient (Wildman–Crippen LogP) is 2.46. The molecule has 2 aromatic rings. The molecule has 1 fully saturated rings. The van der Waals surface area contributed by atoms with Crippen LogP contribution in [0, 0.1) is 13.8 Å². The maximum atomic E-state index is 12.8. The molecule has 0 radical (unpaired) electrons. The number of benzene rings is 2. The molecule has 2 aromatic carbocycles. The molecule has 1 saturated heterocycles. The fraction of sp³-hybridized carbons (Fsp3) is 0.350. The number of nitrogens with zero attached hydrogens (tertiary/aromatic N) is 2. The van der Waals surface area contributed by atoms with E-state index in [-0.39, 0.29) is 23.9 Å². The maximum absolute atomic E-state index is 12.8. The Labute approximate surface area is 160 Å². The van der Waals surface area contributed by atoms with Crippen LogP contribution in [0.15, 0.2) is 47.4 Å². The molecule has 1 aliphatic rings. The quantitative estimate of drug-likeness (QED) is 0.807. The molecule has 7 heteroatoms. The summed E-state index contributed by atoms with van der Waals surface area (Å²) in [5, 5.41) is 0. The van der Waals surface area contributed by atoms with Crippen LogP contribution in [0.5, 0.6) is 5.75 Å². The topological polar surface area (TPSA) is 66.9 Å². The number of sulfonamides is 1. The zero-order chi connectivity index (χ0) is 19.6.